The molecular formula is C16H16Cl2N2O4. The highest BCUT2D eigenvalue weighted by molar-refractivity contribution is 6.41. The Morgan fingerprint density at radius 1 is 1.38 bits per heavy atom. The van der Waals surface area contributed by atoms with Crippen LogP contribution < -0.4 is 5.32 Å². The van der Waals surface area contributed by atoms with Crippen molar-refractivity contribution in [1.29, 1.82) is 5.26 Å². The van der Waals surface area contributed by atoms with E-state index >= 15 is 0 Å². The van der Waals surface area contributed by atoms with Gasteiger partial charge < -0.3 is 14.8 Å². The molecule has 1 aromatic carbocycles. The predicted molar refractivity (Wildman–Crippen MR) is 91.0 cm³/mol. The van der Waals surface area contributed by atoms with Gasteiger partial charge in [0.15, 0.2) is 5.57 Å². The van der Waals surface area contributed by atoms with E-state index in [1.54, 1.807) is 26.8 Å². The molecule has 0 saturated carbocycles. The molecule has 0 atom stereocenters. The maximum Gasteiger partial charge on any atom is 0.350 e. The Hall–Kier alpha value is -2.23. The van der Waals surface area contributed by atoms with Gasteiger partial charge in [-0.15, -0.1) is 0 Å². The molecule has 0 fully saturated rings. The summed E-state index contributed by atoms with van der Waals surface area (Å²) in [5.74, 6) is -1.43. The number of esters is 2. The number of benzene rings is 1. The summed E-state index contributed by atoms with van der Waals surface area (Å²) in [4.78, 5) is 23.6. The molecule has 6 nitrogen and oxygen atoms in total. The smallest absolute Gasteiger partial charge is 0.350 e. The second kappa shape index (κ2) is 9.16. The SMILES string of the molecule is CCOC(=O)c1c(Cl)ccc(NC=C(C#N)C(=O)OC(C)C)c1Cl. The number of hydrogen-bond acceptors (Lipinski definition) is 6. The lowest BCUT2D eigenvalue weighted by atomic mass is 10.2. The third-order valence-corrected chi connectivity index (χ3v) is 3.33. The number of rotatable bonds is 6. The lowest BCUT2D eigenvalue weighted by molar-refractivity contribution is -0.142. The van der Waals surface area contributed by atoms with E-state index in [1.165, 1.54) is 12.1 Å². The van der Waals surface area contributed by atoms with Crippen LogP contribution in [0.4, 0.5) is 5.69 Å². The van der Waals surface area contributed by atoms with Gasteiger partial charge in [0, 0.05) is 6.20 Å². The van der Waals surface area contributed by atoms with E-state index in [0.29, 0.717) is 0 Å². The molecule has 0 spiro atoms. The first kappa shape index (κ1) is 19.8. The molecule has 0 aliphatic rings. The van der Waals surface area contributed by atoms with E-state index in [2.05, 4.69) is 5.32 Å². The van der Waals surface area contributed by atoms with E-state index in [1.807, 2.05) is 0 Å². The Labute approximate surface area is 149 Å². The fraction of sp³-hybridized carbons (Fsp3) is 0.312. The molecule has 24 heavy (non-hydrogen) atoms. The molecule has 0 unspecified atom stereocenters. The van der Waals surface area contributed by atoms with Gasteiger partial charge in [-0.3, -0.25) is 0 Å². The van der Waals surface area contributed by atoms with Gasteiger partial charge in [0.2, 0.25) is 0 Å². The number of nitrogens with zero attached hydrogens (tertiary/aromatic N) is 1. The zero-order valence-electron chi connectivity index (χ0n) is 13.4. The Morgan fingerprint density at radius 3 is 2.58 bits per heavy atom. The molecule has 0 heterocycles. The van der Waals surface area contributed by atoms with Crippen molar-refractivity contribution < 1.29 is 19.1 Å². The standard InChI is InChI=1S/C16H16Cl2N2O4/c1-4-23-16(22)13-11(17)5-6-12(14(13)18)20-8-10(7-19)15(21)24-9(2)3/h5-6,8-9,20H,4H2,1-3H3. The van der Waals surface area contributed by atoms with Crippen LogP contribution in [0.5, 0.6) is 0 Å². The number of ether oxygens (including phenoxy) is 2. The van der Waals surface area contributed by atoms with Gasteiger partial charge in [0.1, 0.15) is 6.07 Å². The molecule has 128 valence electrons. The third-order valence-electron chi connectivity index (χ3n) is 2.63. The number of carbonyl (C=O) groups excluding carboxylic acids is 2. The van der Waals surface area contributed by atoms with Crippen LogP contribution in [0.1, 0.15) is 31.1 Å². The minimum absolute atomic E-state index is 0.00171. The average molecular weight is 371 g/mol. The van der Waals surface area contributed by atoms with Crippen LogP contribution in [0.3, 0.4) is 0 Å². The van der Waals surface area contributed by atoms with Gasteiger partial charge in [-0.25, -0.2) is 9.59 Å². The summed E-state index contributed by atoms with van der Waals surface area (Å²) >= 11 is 12.1. The highest BCUT2D eigenvalue weighted by Gasteiger charge is 2.19. The van der Waals surface area contributed by atoms with Gasteiger partial charge in [0.05, 0.1) is 34.0 Å². The lowest BCUT2D eigenvalue weighted by Gasteiger charge is -2.11. The van der Waals surface area contributed by atoms with Crippen molar-refractivity contribution in [2.75, 3.05) is 11.9 Å². The van der Waals surface area contributed by atoms with Crippen molar-refractivity contribution in [2.24, 2.45) is 0 Å². The summed E-state index contributed by atoms with van der Waals surface area (Å²) in [6.45, 7) is 5.16. The fourth-order valence-electron chi connectivity index (χ4n) is 1.62. The minimum atomic E-state index is -0.768. The summed E-state index contributed by atoms with van der Waals surface area (Å²) in [6, 6.07) is 4.69. The van der Waals surface area contributed by atoms with E-state index in [4.69, 9.17) is 37.9 Å². The summed E-state index contributed by atoms with van der Waals surface area (Å²) in [5.41, 5.74) is 0.0449. The molecule has 0 radical (unpaired) electrons. The Bertz CT molecular complexity index is 709. The third kappa shape index (κ3) is 5.15. The van der Waals surface area contributed by atoms with Crippen LogP contribution in [0.25, 0.3) is 0 Å². The van der Waals surface area contributed by atoms with Gasteiger partial charge >= 0.3 is 11.9 Å². The molecule has 0 aliphatic heterocycles. The van der Waals surface area contributed by atoms with E-state index in [-0.39, 0.29) is 39.6 Å². The van der Waals surface area contributed by atoms with Crippen molar-refractivity contribution in [3.05, 3.63) is 39.5 Å². The average Bonchev–Trinajstić information content (AvgIpc) is 2.49. The molecule has 0 saturated heterocycles. The quantitative estimate of drug-likeness (QED) is 0.463. The Kier molecular flexibility index (Phi) is 7.56. The highest BCUT2D eigenvalue weighted by Crippen LogP contribution is 2.32. The predicted octanol–water partition coefficient (Wildman–Crippen LogP) is 3.94. The number of carbonyl (C=O) groups is 2. The monoisotopic (exact) mass is 370 g/mol. The van der Waals surface area contributed by atoms with Crippen molar-refractivity contribution in [2.45, 2.75) is 26.9 Å². The summed E-state index contributed by atoms with van der Waals surface area (Å²) in [5, 5.41) is 11.9. The van der Waals surface area contributed by atoms with Crippen molar-refractivity contribution >= 4 is 40.8 Å². The van der Waals surface area contributed by atoms with Crippen LogP contribution in [0.2, 0.25) is 10.0 Å². The van der Waals surface area contributed by atoms with Crippen LogP contribution in [0, 0.1) is 11.3 Å². The second-order valence-corrected chi connectivity index (χ2v) is 5.56. The molecule has 0 bridgehead atoms. The minimum Gasteiger partial charge on any atom is -0.462 e. The first-order valence-electron chi connectivity index (χ1n) is 7.04. The number of halogens is 2. The highest BCUT2D eigenvalue weighted by atomic mass is 35.5. The molecule has 1 rings (SSSR count). The molecule has 8 heteroatoms. The van der Waals surface area contributed by atoms with Gasteiger partial charge in [-0.05, 0) is 32.9 Å². The molecule has 0 amide bonds. The second-order valence-electron chi connectivity index (χ2n) is 4.77. The van der Waals surface area contributed by atoms with Gasteiger partial charge in [0.25, 0.3) is 0 Å². The summed E-state index contributed by atoms with van der Waals surface area (Å²) in [6.07, 6.45) is 0.790. The Balaban J connectivity index is 3.10. The summed E-state index contributed by atoms with van der Waals surface area (Å²) < 4.78 is 9.83. The maximum atomic E-state index is 11.9. The topological polar surface area (TPSA) is 88.4 Å². The summed E-state index contributed by atoms with van der Waals surface area (Å²) in [7, 11) is 0. The van der Waals surface area contributed by atoms with E-state index < -0.39 is 11.9 Å². The first-order chi connectivity index (χ1) is 11.3. The van der Waals surface area contributed by atoms with Gasteiger partial charge in [-0.1, -0.05) is 23.2 Å². The zero-order chi connectivity index (χ0) is 18.3. The molecule has 1 aromatic rings. The Morgan fingerprint density at radius 2 is 2.04 bits per heavy atom. The first-order valence-corrected chi connectivity index (χ1v) is 7.80. The lowest BCUT2D eigenvalue weighted by Crippen LogP contribution is -2.14. The zero-order valence-corrected chi connectivity index (χ0v) is 14.9. The van der Waals surface area contributed by atoms with Gasteiger partial charge in [-0.2, -0.15) is 5.26 Å². The van der Waals surface area contributed by atoms with Crippen molar-refractivity contribution in [3.8, 4) is 6.07 Å². The normalized spacial score (nSPS) is 11.0. The van der Waals surface area contributed by atoms with Crippen molar-refractivity contribution in [3.63, 3.8) is 0 Å². The van der Waals surface area contributed by atoms with E-state index in [9.17, 15) is 9.59 Å². The maximum absolute atomic E-state index is 11.9. The molecule has 1 N–H and O–H groups in total. The van der Waals surface area contributed by atoms with E-state index in [0.717, 1.165) is 6.20 Å². The van der Waals surface area contributed by atoms with Crippen LogP contribution in [-0.4, -0.2) is 24.6 Å². The van der Waals surface area contributed by atoms with Crippen LogP contribution >= 0.6 is 23.2 Å². The largest absolute Gasteiger partial charge is 0.462 e. The molecule has 0 aliphatic carbocycles. The van der Waals surface area contributed by atoms with Crippen molar-refractivity contribution in [1.82, 2.24) is 0 Å². The number of nitrogens with one attached hydrogen (secondary N) is 1. The molecular weight excluding hydrogens is 355 g/mol. The fourth-order valence-corrected chi connectivity index (χ4v) is 2.20. The van der Waals surface area contributed by atoms with Crippen LogP contribution in [-0.2, 0) is 14.3 Å². The number of anilines is 1. The van der Waals surface area contributed by atoms with Crippen LogP contribution in [0.15, 0.2) is 23.9 Å². The number of hydrogen-bond donors (Lipinski definition) is 1. The number of nitriles is 1. The molecule has 0 aromatic heterocycles.